The van der Waals surface area contributed by atoms with Gasteiger partial charge in [0.25, 0.3) is 0 Å². The number of ether oxygens (including phenoxy) is 5. The maximum atomic E-state index is 6.18. The average molecular weight is 359 g/mol. The van der Waals surface area contributed by atoms with Gasteiger partial charge in [-0.3, -0.25) is 0 Å². The van der Waals surface area contributed by atoms with Gasteiger partial charge >= 0.3 is 0 Å². The minimum absolute atomic E-state index is 0.186. The maximum Gasteiger partial charge on any atom is 0.190 e. The highest BCUT2D eigenvalue weighted by atomic mass is 16.8. The molecule has 26 heavy (non-hydrogen) atoms. The van der Waals surface area contributed by atoms with Crippen LogP contribution in [0.3, 0.4) is 0 Å². The van der Waals surface area contributed by atoms with Gasteiger partial charge in [-0.1, -0.05) is 17.3 Å². The Balaban J connectivity index is 1.46. The van der Waals surface area contributed by atoms with Crippen LogP contribution in [0.25, 0.3) is 11.3 Å². The second kappa shape index (κ2) is 5.75. The molecule has 4 atom stereocenters. The van der Waals surface area contributed by atoms with Crippen molar-refractivity contribution in [2.75, 3.05) is 7.11 Å². The van der Waals surface area contributed by atoms with Crippen LogP contribution in [0.4, 0.5) is 0 Å². The van der Waals surface area contributed by atoms with E-state index in [1.54, 1.807) is 7.11 Å². The fourth-order valence-electron chi connectivity index (χ4n) is 3.91. The molecule has 3 aliphatic rings. The van der Waals surface area contributed by atoms with Crippen LogP contribution in [0.1, 0.15) is 19.5 Å². The van der Waals surface area contributed by atoms with Crippen LogP contribution in [-0.4, -0.2) is 52.5 Å². The Morgan fingerprint density at radius 2 is 2.04 bits per heavy atom. The molecule has 138 valence electrons. The highest BCUT2D eigenvalue weighted by molar-refractivity contribution is 5.68. The van der Waals surface area contributed by atoms with Gasteiger partial charge in [0.2, 0.25) is 0 Å². The van der Waals surface area contributed by atoms with Crippen molar-refractivity contribution in [2.24, 2.45) is 0 Å². The molecule has 2 fully saturated rings. The Kier molecular flexibility index (Phi) is 3.58. The van der Waals surface area contributed by atoms with Crippen molar-refractivity contribution in [1.29, 1.82) is 0 Å². The van der Waals surface area contributed by atoms with Crippen molar-refractivity contribution in [2.45, 2.75) is 57.4 Å². The van der Waals surface area contributed by atoms with Crippen molar-refractivity contribution >= 4 is 0 Å². The number of rotatable bonds is 2. The molecule has 3 aliphatic heterocycles. The zero-order chi connectivity index (χ0) is 17.9. The SMILES string of the molecule is COc1ccccc1-c1nnn2c1CO[C@@H]1[C@H]3OC(C)(C)O[C@H]3O[C@@H]1C2. The Hall–Kier alpha value is -2.00. The van der Waals surface area contributed by atoms with Gasteiger partial charge in [0.05, 0.1) is 26.0 Å². The number of para-hydroxylation sites is 1. The molecule has 0 radical (unpaired) electrons. The van der Waals surface area contributed by atoms with E-state index in [0.717, 1.165) is 22.7 Å². The summed E-state index contributed by atoms with van der Waals surface area (Å²) in [7, 11) is 1.65. The number of aromatic nitrogens is 3. The largest absolute Gasteiger partial charge is 0.496 e. The molecule has 0 aliphatic carbocycles. The normalized spacial score (nSPS) is 31.8. The van der Waals surface area contributed by atoms with Crippen molar-refractivity contribution in [3.05, 3.63) is 30.0 Å². The lowest BCUT2D eigenvalue weighted by molar-refractivity contribution is -0.219. The summed E-state index contributed by atoms with van der Waals surface area (Å²) in [6.45, 7) is 4.69. The monoisotopic (exact) mass is 359 g/mol. The van der Waals surface area contributed by atoms with E-state index < -0.39 is 12.1 Å². The fourth-order valence-corrected chi connectivity index (χ4v) is 3.91. The van der Waals surface area contributed by atoms with Crippen molar-refractivity contribution in [3.8, 4) is 17.0 Å². The summed E-state index contributed by atoms with van der Waals surface area (Å²) in [5, 5.41) is 8.68. The van der Waals surface area contributed by atoms with Crippen LogP contribution in [0.15, 0.2) is 24.3 Å². The molecule has 0 spiro atoms. The zero-order valence-electron chi connectivity index (χ0n) is 14.9. The minimum atomic E-state index is -0.659. The summed E-state index contributed by atoms with van der Waals surface area (Å²) in [6, 6.07) is 7.76. The lowest BCUT2D eigenvalue weighted by Gasteiger charge is -2.23. The summed E-state index contributed by atoms with van der Waals surface area (Å²) in [6.07, 6.45) is -1.02. The Bertz CT molecular complexity index is 836. The smallest absolute Gasteiger partial charge is 0.190 e. The summed E-state index contributed by atoms with van der Waals surface area (Å²) in [4.78, 5) is 0. The first-order valence-corrected chi connectivity index (χ1v) is 8.74. The predicted octanol–water partition coefficient (Wildman–Crippen LogP) is 1.73. The number of methoxy groups -OCH3 is 1. The Morgan fingerprint density at radius 3 is 2.88 bits per heavy atom. The quantitative estimate of drug-likeness (QED) is 0.808. The molecule has 1 aromatic heterocycles. The number of hydrogen-bond acceptors (Lipinski definition) is 7. The molecular formula is C18H21N3O5. The standard InChI is InChI=1S/C18H21N3O5/c1-18(2)25-16-15-13(24-17(16)26-18)8-21-11(9-23-15)14(19-20-21)10-6-4-5-7-12(10)22-3/h4-7,13,15-17H,8-9H2,1-3H3/t13-,15+,16-,17-/m1/s1. The minimum Gasteiger partial charge on any atom is -0.496 e. The van der Waals surface area contributed by atoms with Crippen LogP contribution < -0.4 is 4.74 Å². The summed E-state index contributed by atoms with van der Waals surface area (Å²) in [5.41, 5.74) is 2.57. The Labute approximate surface area is 150 Å². The topological polar surface area (TPSA) is 76.9 Å². The number of hydrogen-bond donors (Lipinski definition) is 0. The number of fused-ring (bicyclic) bond motifs is 4. The zero-order valence-corrected chi connectivity index (χ0v) is 14.9. The first-order valence-electron chi connectivity index (χ1n) is 8.74. The van der Waals surface area contributed by atoms with E-state index in [9.17, 15) is 0 Å². The molecule has 0 amide bonds. The van der Waals surface area contributed by atoms with E-state index in [0.29, 0.717) is 13.2 Å². The first kappa shape index (κ1) is 16.2. The van der Waals surface area contributed by atoms with E-state index in [1.807, 2.05) is 42.8 Å². The van der Waals surface area contributed by atoms with Crippen LogP contribution in [-0.2, 0) is 32.1 Å². The highest BCUT2D eigenvalue weighted by Crippen LogP contribution is 2.41. The highest BCUT2D eigenvalue weighted by Gasteiger charge is 2.56. The summed E-state index contributed by atoms with van der Waals surface area (Å²) >= 11 is 0. The molecule has 8 nitrogen and oxygen atoms in total. The van der Waals surface area contributed by atoms with E-state index in [1.165, 1.54) is 0 Å². The molecule has 8 heteroatoms. The van der Waals surface area contributed by atoms with E-state index in [-0.39, 0.29) is 18.3 Å². The van der Waals surface area contributed by atoms with Crippen LogP contribution >= 0.6 is 0 Å². The molecule has 1 aromatic carbocycles. The van der Waals surface area contributed by atoms with Crippen LogP contribution in [0.2, 0.25) is 0 Å². The lowest BCUT2D eigenvalue weighted by Crippen LogP contribution is -2.37. The number of nitrogens with zero attached hydrogens (tertiary/aromatic N) is 3. The van der Waals surface area contributed by atoms with Gasteiger partial charge in [0.1, 0.15) is 29.8 Å². The van der Waals surface area contributed by atoms with E-state index >= 15 is 0 Å². The molecule has 0 bridgehead atoms. The molecule has 0 saturated carbocycles. The van der Waals surface area contributed by atoms with Gasteiger partial charge in [-0.2, -0.15) is 0 Å². The van der Waals surface area contributed by atoms with Gasteiger partial charge in [0, 0.05) is 5.56 Å². The third-order valence-corrected chi connectivity index (χ3v) is 5.05. The molecular weight excluding hydrogens is 338 g/mol. The molecule has 0 N–H and O–H groups in total. The lowest BCUT2D eigenvalue weighted by atomic mass is 10.1. The molecule has 2 saturated heterocycles. The fraction of sp³-hybridized carbons (Fsp3) is 0.556. The third kappa shape index (κ3) is 2.44. The summed E-state index contributed by atoms with van der Waals surface area (Å²) in [5.74, 6) is 0.0963. The van der Waals surface area contributed by atoms with Crippen molar-refractivity contribution < 1.29 is 23.7 Å². The molecule has 5 rings (SSSR count). The van der Waals surface area contributed by atoms with Gasteiger partial charge in [-0.15, -0.1) is 5.10 Å². The second-order valence-corrected chi connectivity index (χ2v) is 7.19. The molecule has 0 unspecified atom stereocenters. The van der Waals surface area contributed by atoms with E-state index in [4.69, 9.17) is 23.7 Å². The Morgan fingerprint density at radius 1 is 1.19 bits per heavy atom. The van der Waals surface area contributed by atoms with Gasteiger partial charge in [-0.25, -0.2) is 4.68 Å². The predicted molar refractivity (Wildman–Crippen MR) is 89.3 cm³/mol. The van der Waals surface area contributed by atoms with Gasteiger partial charge < -0.3 is 23.7 Å². The van der Waals surface area contributed by atoms with Crippen LogP contribution in [0.5, 0.6) is 5.75 Å². The maximum absolute atomic E-state index is 6.18. The van der Waals surface area contributed by atoms with Crippen molar-refractivity contribution in [3.63, 3.8) is 0 Å². The molecule has 2 aromatic rings. The van der Waals surface area contributed by atoms with Gasteiger partial charge in [-0.05, 0) is 26.0 Å². The van der Waals surface area contributed by atoms with Crippen molar-refractivity contribution in [1.82, 2.24) is 15.0 Å². The third-order valence-electron chi connectivity index (χ3n) is 5.05. The average Bonchev–Trinajstić information content (AvgIpc) is 3.20. The van der Waals surface area contributed by atoms with Gasteiger partial charge in [0.15, 0.2) is 12.1 Å². The summed E-state index contributed by atoms with van der Waals surface area (Å²) < 4.78 is 31.3. The number of benzene rings is 1. The van der Waals surface area contributed by atoms with Crippen LogP contribution in [0, 0.1) is 0 Å². The first-order chi connectivity index (χ1) is 12.6. The molecule has 4 heterocycles. The van der Waals surface area contributed by atoms with E-state index in [2.05, 4.69) is 10.3 Å². The second-order valence-electron chi connectivity index (χ2n) is 7.19.